The number of hydrogen-bond acceptors (Lipinski definition) is 3. The Balaban J connectivity index is 1.37. The van der Waals surface area contributed by atoms with Crippen LogP contribution in [-0.2, 0) is 10.0 Å². The molecule has 1 aromatic carbocycles. The molecular formula is C30H47NO3S. The fourth-order valence-electron chi connectivity index (χ4n) is 9.74. The van der Waals surface area contributed by atoms with Gasteiger partial charge in [-0.2, -0.15) is 0 Å². The molecule has 0 amide bonds. The van der Waals surface area contributed by atoms with Crippen molar-refractivity contribution in [1.29, 1.82) is 0 Å². The summed E-state index contributed by atoms with van der Waals surface area (Å²) in [5, 5.41) is 10.9. The van der Waals surface area contributed by atoms with Crippen molar-refractivity contribution < 1.29 is 13.5 Å². The highest BCUT2D eigenvalue weighted by molar-refractivity contribution is 7.89. The second-order valence-corrected chi connectivity index (χ2v) is 15.3. The summed E-state index contributed by atoms with van der Waals surface area (Å²) in [5.41, 5.74) is 0.152. The Morgan fingerprint density at radius 2 is 1.71 bits per heavy atom. The van der Waals surface area contributed by atoms with E-state index in [-0.39, 0.29) is 5.41 Å². The largest absolute Gasteiger partial charge is 0.390 e. The predicted octanol–water partition coefficient (Wildman–Crippen LogP) is 6.50. The van der Waals surface area contributed by atoms with Gasteiger partial charge in [0, 0.05) is 13.6 Å². The zero-order valence-electron chi connectivity index (χ0n) is 22.4. The van der Waals surface area contributed by atoms with E-state index in [2.05, 4.69) is 20.8 Å². The molecule has 0 aromatic heterocycles. The first-order valence-corrected chi connectivity index (χ1v) is 15.7. The highest BCUT2D eigenvalue weighted by atomic mass is 32.2. The maximum Gasteiger partial charge on any atom is 0.242 e. The molecule has 35 heavy (non-hydrogen) atoms. The second-order valence-electron chi connectivity index (χ2n) is 13.2. The average molecular weight is 502 g/mol. The lowest BCUT2D eigenvalue weighted by atomic mass is 9.40. The Bertz CT molecular complexity index is 1010. The number of benzene rings is 1. The van der Waals surface area contributed by atoms with Gasteiger partial charge in [-0.05, 0) is 124 Å². The third kappa shape index (κ3) is 4.22. The van der Waals surface area contributed by atoms with Crippen LogP contribution in [0.15, 0.2) is 35.2 Å². The molecule has 0 radical (unpaired) electrons. The topological polar surface area (TPSA) is 57.6 Å². The summed E-state index contributed by atoms with van der Waals surface area (Å²) >= 11 is 0. The van der Waals surface area contributed by atoms with Gasteiger partial charge in [-0.25, -0.2) is 12.7 Å². The van der Waals surface area contributed by atoms with Crippen LogP contribution in [0.5, 0.6) is 0 Å². The Morgan fingerprint density at radius 1 is 0.971 bits per heavy atom. The van der Waals surface area contributed by atoms with Gasteiger partial charge < -0.3 is 5.11 Å². The molecule has 0 unspecified atom stereocenters. The number of hydrogen-bond donors (Lipinski definition) is 1. The van der Waals surface area contributed by atoms with Crippen molar-refractivity contribution in [2.45, 2.75) is 102 Å². The molecule has 0 spiro atoms. The molecule has 8 atom stereocenters. The van der Waals surface area contributed by atoms with E-state index < -0.39 is 15.6 Å². The lowest BCUT2D eigenvalue weighted by Gasteiger charge is -2.65. The highest BCUT2D eigenvalue weighted by Gasteiger charge is 2.60. The summed E-state index contributed by atoms with van der Waals surface area (Å²) in [7, 11) is -1.67. The van der Waals surface area contributed by atoms with Gasteiger partial charge in [0.1, 0.15) is 0 Å². The highest BCUT2D eigenvalue weighted by Crippen LogP contribution is 2.68. The van der Waals surface area contributed by atoms with Gasteiger partial charge in [0.05, 0.1) is 10.5 Å². The van der Waals surface area contributed by atoms with Crippen LogP contribution >= 0.6 is 0 Å². The van der Waals surface area contributed by atoms with Crippen LogP contribution in [0.25, 0.3) is 0 Å². The summed E-state index contributed by atoms with van der Waals surface area (Å²) in [4.78, 5) is 0.403. The number of rotatable bonds is 5. The molecule has 4 aliphatic carbocycles. The van der Waals surface area contributed by atoms with Crippen LogP contribution in [0.3, 0.4) is 0 Å². The van der Waals surface area contributed by atoms with Gasteiger partial charge in [-0.3, -0.25) is 0 Å². The van der Waals surface area contributed by atoms with Crippen LogP contribution in [0.2, 0.25) is 0 Å². The van der Waals surface area contributed by atoms with Crippen LogP contribution in [0.1, 0.15) is 91.4 Å². The molecule has 1 N–H and O–H groups in total. The van der Waals surface area contributed by atoms with Gasteiger partial charge >= 0.3 is 0 Å². The Kier molecular flexibility index (Phi) is 6.71. The van der Waals surface area contributed by atoms with E-state index in [1.54, 1.807) is 23.5 Å². The number of fused-ring (bicyclic) bond motifs is 5. The van der Waals surface area contributed by atoms with Crippen molar-refractivity contribution >= 4 is 10.0 Å². The normalized spacial score (nSPS) is 43.8. The molecule has 4 aliphatic rings. The maximum absolute atomic E-state index is 13.3. The van der Waals surface area contributed by atoms with Crippen molar-refractivity contribution in [3.05, 3.63) is 30.3 Å². The van der Waals surface area contributed by atoms with Crippen LogP contribution in [0, 0.1) is 40.4 Å². The van der Waals surface area contributed by atoms with Gasteiger partial charge in [0.25, 0.3) is 0 Å². The van der Waals surface area contributed by atoms with Gasteiger partial charge in [-0.15, -0.1) is 0 Å². The number of sulfonamides is 1. The second kappa shape index (κ2) is 9.13. The van der Waals surface area contributed by atoms with Crippen molar-refractivity contribution in [2.75, 3.05) is 13.6 Å². The Hall–Kier alpha value is -0.910. The van der Waals surface area contributed by atoms with E-state index in [1.807, 2.05) is 18.2 Å². The number of aliphatic hydroxyl groups is 1. The van der Waals surface area contributed by atoms with Crippen LogP contribution in [0.4, 0.5) is 0 Å². The lowest BCUT2D eigenvalue weighted by molar-refractivity contribution is -0.172. The van der Waals surface area contributed by atoms with Crippen molar-refractivity contribution in [1.82, 2.24) is 4.31 Å². The minimum absolute atomic E-state index is 0.224. The number of nitrogens with zero attached hydrogens (tertiary/aromatic N) is 1. The van der Waals surface area contributed by atoms with E-state index in [0.29, 0.717) is 34.6 Å². The first kappa shape index (κ1) is 25.7. The lowest BCUT2D eigenvalue weighted by Crippen LogP contribution is -2.59. The summed E-state index contributed by atoms with van der Waals surface area (Å²) in [5.74, 6) is 3.35. The summed E-state index contributed by atoms with van der Waals surface area (Å²) < 4.78 is 28.2. The van der Waals surface area contributed by atoms with E-state index >= 15 is 0 Å². The minimum atomic E-state index is -3.46. The van der Waals surface area contributed by atoms with E-state index in [4.69, 9.17) is 0 Å². The third-order valence-electron chi connectivity index (χ3n) is 11.7. The molecule has 0 saturated heterocycles. The summed E-state index contributed by atoms with van der Waals surface area (Å²) in [6, 6.07) is 8.92. The first-order chi connectivity index (χ1) is 16.5. The average Bonchev–Trinajstić information content (AvgIpc) is 2.84. The van der Waals surface area contributed by atoms with Crippen LogP contribution < -0.4 is 0 Å². The molecule has 5 rings (SSSR count). The molecule has 0 bridgehead atoms. The molecule has 0 heterocycles. The van der Waals surface area contributed by atoms with Crippen molar-refractivity contribution in [3.8, 4) is 0 Å². The molecular weight excluding hydrogens is 454 g/mol. The molecule has 4 nitrogen and oxygen atoms in total. The fourth-order valence-corrected chi connectivity index (χ4v) is 11.0. The molecule has 4 fully saturated rings. The van der Waals surface area contributed by atoms with Gasteiger partial charge in [0.2, 0.25) is 10.0 Å². The van der Waals surface area contributed by atoms with Crippen molar-refractivity contribution in [3.63, 3.8) is 0 Å². The molecule has 4 saturated carbocycles. The minimum Gasteiger partial charge on any atom is -0.390 e. The Morgan fingerprint density at radius 3 is 2.43 bits per heavy atom. The maximum atomic E-state index is 13.3. The van der Waals surface area contributed by atoms with E-state index in [9.17, 15) is 13.5 Å². The zero-order valence-corrected chi connectivity index (χ0v) is 23.2. The smallest absolute Gasteiger partial charge is 0.242 e. The summed E-state index contributed by atoms with van der Waals surface area (Å²) in [6.07, 6.45) is 13.1. The standard InChI is InChI=1S/C30H47NO3S/c1-5-30-19-18-28(2,32)20-22(30)14-15-25-26-13-9-10-23(29(26,3)17-16-27(25)30)21-31(4)35(33,34)24-11-7-6-8-12-24/h6-8,11-12,22-23,25-27,32H,5,9-10,13-21H2,1-4H3/t22-,23-,25+,26+,27+,28-,29-,30+/m1/s1. The zero-order chi connectivity index (χ0) is 25.1. The van der Waals surface area contributed by atoms with Gasteiger partial charge in [0.15, 0.2) is 0 Å². The molecule has 5 heteroatoms. The Labute approximate surface area is 213 Å². The third-order valence-corrected chi connectivity index (χ3v) is 13.5. The van der Waals surface area contributed by atoms with E-state index in [1.165, 1.54) is 51.4 Å². The van der Waals surface area contributed by atoms with Crippen molar-refractivity contribution in [2.24, 2.45) is 40.4 Å². The molecule has 1 aromatic rings. The molecule has 196 valence electrons. The van der Waals surface area contributed by atoms with Gasteiger partial charge in [-0.1, -0.05) is 38.5 Å². The fraction of sp³-hybridized carbons (Fsp3) is 0.800. The quantitative estimate of drug-likeness (QED) is 0.501. The monoisotopic (exact) mass is 501 g/mol. The predicted molar refractivity (Wildman–Crippen MR) is 141 cm³/mol. The van der Waals surface area contributed by atoms with E-state index in [0.717, 1.165) is 31.1 Å². The van der Waals surface area contributed by atoms with Crippen LogP contribution in [-0.4, -0.2) is 37.0 Å². The molecule has 0 aliphatic heterocycles. The first-order valence-electron chi connectivity index (χ1n) is 14.3. The SMILES string of the molecule is CC[C@]12CC[C@@](C)(O)C[C@H]1CC[C@H]1[C@@H]3CCC[C@H](CN(C)S(=O)(=O)c4ccccc4)[C@@]3(C)CC[C@@H]12. The summed E-state index contributed by atoms with van der Waals surface area (Å²) in [6.45, 7) is 7.61.